The van der Waals surface area contributed by atoms with Crippen molar-refractivity contribution >= 4 is 0 Å². The maximum absolute atomic E-state index is 9.05. The van der Waals surface area contributed by atoms with E-state index < -0.39 is 5.54 Å². The number of para-hydroxylation sites is 1. The number of aryl methyl sites for hydroxylation is 2. The summed E-state index contributed by atoms with van der Waals surface area (Å²) in [5.41, 5.74) is 1.94. The van der Waals surface area contributed by atoms with Crippen LogP contribution >= 0.6 is 0 Å². The van der Waals surface area contributed by atoms with Crippen molar-refractivity contribution in [1.29, 1.82) is 5.26 Å². The zero-order chi connectivity index (χ0) is 14.3. The van der Waals surface area contributed by atoms with Gasteiger partial charge in [-0.1, -0.05) is 18.2 Å². The summed E-state index contributed by atoms with van der Waals surface area (Å²) in [6.07, 6.45) is 2.79. The van der Waals surface area contributed by atoms with Gasteiger partial charge in [-0.15, -0.1) is 0 Å². The maximum Gasteiger partial charge on any atom is 0.125 e. The van der Waals surface area contributed by atoms with E-state index in [1.807, 2.05) is 20.0 Å². The predicted molar refractivity (Wildman–Crippen MR) is 78.3 cm³/mol. The van der Waals surface area contributed by atoms with Crippen molar-refractivity contribution in [2.45, 2.75) is 45.6 Å². The molecule has 0 aliphatic carbocycles. The van der Waals surface area contributed by atoms with E-state index in [0.717, 1.165) is 25.0 Å². The smallest absolute Gasteiger partial charge is 0.125 e. The van der Waals surface area contributed by atoms with Gasteiger partial charge in [0.1, 0.15) is 11.3 Å². The highest BCUT2D eigenvalue weighted by Gasteiger charge is 2.19. The molecule has 0 radical (unpaired) electrons. The van der Waals surface area contributed by atoms with Crippen LogP contribution in [0, 0.1) is 25.2 Å². The third-order valence-electron chi connectivity index (χ3n) is 3.52. The SMILES string of the molecule is CNC(C)(C#N)CCCCOc1c(C)cccc1C. The molecule has 0 fully saturated rings. The summed E-state index contributed by atoms with van der Waals surface area (Å²) < 4.78 is 5.85. The highest BCUT2D eigenvalue weighted by atomic mass is 16.5. The van der Waals surface area contributed by atoms with Crippen LogP contribution in [-0.2, 0) is 0 Å². The Hall–Kier alpha value is -1.53. The molecule has 3 heteroatoms. The maximum atomic E-state index is 9.05. The number of nitrogens with zero attached hydrogens (tertiary/aromatic N) is 1. The third kappa shape index (κ3) is 4.57. The molecule has 0 aromatic heterocycles. The fraction of sp³-hybridized carbons (Fsp3) is 0.562. The molecule has 1 rings (SSSR count). The molecule has 0 aliphatic rings. The highest BCUT2D eigenvalue weighted by Crippen LogP contribution is 2.22. The summed E-state index contributed by atoms with van der Waals surface area (Å²) in [7, 11) is 1.83. The minimum absolute atomic E-state index is 0.418. The largest absolute Gasteiger partial charge is 0.493 e. The average Bonchev–Trinajstić information content (AvgIpc) is 2.41. The minimum atomic E-state index is -0.418. The number of unbranched alkanes of at least 4 members (excludes halogenated alkanes) is 1. The van der Waals surface area contributed by atoms with Gasteiger partial charge in [0.15, 0.2) is 0 Å². The van der Waals surface area contributed by atoms with Gasteiger partial charge >= 0.3 is 0 Å². The molecule has 19 heavy (non-hydrogen) atoms. The van der Waals surface area contributed by atoms with E-state index in [-0.39, 0.29) is 0 Å². The monoisotopic (exact) mass is 260 g/mol. The molecule has 3 nitrogen and oxygen atoms in total. The predicted octanol–water partition coefficient (Wildman–Crippen LogP) is 3.35. The fourth-order valence-corrected chi connectivity index (χ4v) is 2.02. The molecule has 1 atom stereocenters. The first-order chi connectivity index (χ1) is 9.02. The quantitative estimate of drug-likeness (QED) is 0.765. The first-order valence-corrected chi connectivity index (χ1v) is 6.81. The Morgan fingerprint density at radius 2 is 1.89 bits per heavy atom. The first-order valence-electron chi connectivity index (χ1n) is 6.81. The Kier molecular flexibility index (Phi) is 5.85. The summed E-state index contributed by atoms with van der Waals surface area (Å²) in [6.45, 7) is 6.77. The van der Waals surface area contributed by atoms with Gasteiger partial charge in [0.2, 0.25) is 0 Å². The molecule has 0 bridgehead atoms. The number of hydrogen-bond acceptors (Lipinski definition) is 3. The van der Waals surface area contributed by atoms with E-state index in [2.05, 4.69) is 37.4 Å². The number of ether oxygens (including phenoxy) is 1. The van der Waals surface area contributed by atoms with Crippen LogP contribution in [0.5, 0.6) is 5.75 Å². The van der Waals surface area contributed by atoms with E-state index in [1.165, 1.54) is 11.1 Å². The lowest BCUT2D eigenvalue weighted by molar-refractivity contribution is 0.294. The van der Waals surface area contributed by atoms with E-state index >= 15 is 0 Å². The lowest BCUT2D eigenvalue weighted by atomic mass is 9.97. The summed E-state index contributed by atoms with van der Waals surface area (Å²) in [4.78, 5) is 0. The number of nitrogens with one attached hydrogen (secondary N) is 1. The molecule has 0 saturated heterocycles. The van der Waals surface area contributed by atoms with E-state index in [4.69, 9.17) is 10.00 Å². The van der Waals surface area contributed by atoms with Gasteiger partial charge in [-0.3, -0.25) is 0 Å². The summed E-state index contributed by atoms with van der Waals surface area (Å²) in [5.74, 6) is 0.999. The lowest BCUT2D eigenvalue weighted by Gasteiger charge is -2.20. The van der Waals surface area contributed by atoms with Crippen molar-refractivity contribution in [3.8, 4) is 11.8 Å². The number of benzene rings is 1. The van der Waals surface area contributed by atoms with Crippen molar-refractivity contribution < 1.29 is 4.74 Å². The summed E-state index contributed by atoms with van der Waals surface area (Å²) in [5, 5.41) is 12.1. The summed E-state index contributed by atoms with van der Waals surface area (Å²) in [6, 6.07) is 8.48. The zero-order valence-corrected chi connectivity index (χ0v) is 12.4. The fourth-order valence-electron chi connectivity index (χ4n) is 2.02. The van der Waals surface area contributed by atoms with Crippen LogP contribution in [0.4, 0.5) is 0 Å². The normalized spacial score (nSPS) is 13.6. The van der Waals surface area contributed by atoms with E-state index in [0.29, 0.717) is 6.61 Å². The van der Waals surface area contributed by atoms with Crippen molar-refractivity contribution in [2.75, 3.05) is 13.7 Å². The van der Waals surface area contributed by atoms with Gasteiger partial charge < -0.3 is 10.1 Å². The second kappa shape index (κ2) is 7.16. The van der Waals surface area contributed by atoms with Gasteiger partial charge in [-0.05, 0) is 58.2 Å². The number of hydrogen-bond donors (Lipinski definition) is 1. The minimum Gasteiger partial charge on any atom is -0.493 e. The Bertz CT molecular complexity index is 430. The van der Waals surface area contributed by atoms with Crippen molar-refractivity contribution in [2.24, 2.45) is 0 Å². The lowest BCUT2D eigenvalue weighted by Crippen LogP contribution is -2.37. The molecule has 1 N–H and O–H groups in total. The molecule has 1 aromatic rings. The summed E-state index contributed by atoms with van der Waals surface area (Å²) >= 11 is 0. The molecule has 0 saturated carbocycles. The van der Waals surface area contributed by atoms with Crippen LogP contribution in [0.3, 0.4) is 0 Å². The Balaban J connectivity index is 2.34. The zero-order valence-electron chi connectivity index (χ0n) is 12.4. The van der Waals surface area contributed by atoms with Gasteiger partial charge in [-0.25, -0.2) is 0 Å². The molecule has 0 heterocycles. The molecule has 0 amide bonds. The Morgan fingerprint density at radius 3 is 2.42 bits per heavy atom. The van der Waals surface area contributed by atoms with Crippen LogP contribution in [0.15, 0.2) is 18.2 Å². The molecule has 1 unspecified atom stereocenters. The van der Waals surface area contributed by atoms with Crippen LogP contribution in [-0.4, -0.2) is 19.2 Å². The second-order valence-electron chi connectivity index (χ2n) is 5.22. The molecule has 0 spiro atoms. The molecule has 104 valence electrons. The molecule has 1 aromatic carbocycles. The van der Waals surface area contributed by atoms with Crippen molar-refractivity contribution in [3.05, 3.63) is 29.3 Å². The molecule has 0 aliphatic heterocycles. The van der Waals surface area contributed by atoms with Crippen LogP contribution in [0.25, 0.3) is 0 Å². The number of rotatable bonds is 7. The van der Waals surface area contributed by atoms with Crippen molar-refractivity contribution in [1.82, 2.24) is 5.32 Å². The third-order valence-corrected chi connectivity index (χ3v) is 3.52. The second-order valence-corrected chi connectivity index (χ2v) is 5.22. The van der Waals surface area contributed by atoms with E-state index in [9.17, 15) is 0 Å². The van der Waals surface area contributed by atoms with Crippen LogP contribution in [0.2, 0.25) is 0 Å². The van der Waals surface area contributed by atoms with Gasteiger partial charge in [0.05, 0.1) is 12.7 Å². The van der Waals surface area contributed by atoms with Crippen LogP contribution < -0.4 is 10.1 Å². The Morgan fingerprint density at radius 1 is 1.26 bits per heavy atom. The topological polar surface area (TPSA) is 45.0 Å². The average molecular weight is 260 g/mol. The van der Waals surface area contributed by atoms with Gasteiger partial charge in [0, 0.05) is 0 Å². The standard InChI is InChI=1S/C16H24N2O/c1-13-8-7-9-14(2)15(13)19-11-6-5-10-16(3,12-17)18-4/h7-9,18H,5-6,10-11H2,1-4H3. The highest BCUT2D eigenvalue weighted by molar-refractivity contribution is 5.39. The first kappa shape index (κ1) is 15.5. The van der Waals surface area contributed by atoms with Crippen molar-refractivity contribution in [3.63, 3.8) is 0 Å². The molecular formula is C16H24N2O. The Labute approximate surface area is 116 Å². The van der Waals surface area contributed by atoms with Crippen LogP contribution in [0.1, 0.15) is 37.3 Å². The number of nitriles is 1. The van der Waals surface area contributed by atoms with Gasteiger partial charge in [0.25, 0.3) is 0 Å². The molecular weight excluding hydrogens is 236 g/mol. The van der Waals surface area contributed by atoms with Gasteiger partial charge in [-0.2, -0.15) is 5.26 Å². The van der Waals surface area contributed by atoms with E-state index in [1.54, 1.807) is 0 Å².